The molecule has 0 saturated heterocycles. The molecule has 0 amide bonds. The number of anilines is 4. The molecule has 1 aliphatic heterocycles. The number of fused-ring (bicyclic) bond motifs is 2. The van der Waals surface area contributed by atoms with E-state index in [-0.39, 0.29) is 26.4 Å². The van der Waals surface area contributed by atoms with Gasteiger partial charge in [-0.15, -0.1) is 0 Å². The van der Waals surface area contributed by atoms with Crippen LogP contribution in [0.5, 0.6) is 0 Å². The summed E-state index contributed by atoms with van der Waals surface area (Å²) < 4.78 is 0. The molecule has 152 valence electrons. The van der Waals surface area contributed by atoms with Crippen LogP contribution in [0.3, 0.4) is 0 Å². The van der Waals surface area contributed by atoms with Crippen molar-refractivity contribution >= 4 is 34.5 Å². The molecule has 1 heterocycles. The zero-order valence-corrected chi connectivity index (χ0v) is 16.5. The molecule has 0 aromatic heterocycles. The smallest absolute Gasteiger partial charge is 0.0606 e. The molecule has 0 radical (unpaired) electrons. The summed E-state index contributed by atoms with van der Waals surface area (Å²) in [6.45, 7) is 1.98. The average Bonchev–Trinajstić information content (AvgIpc) is 2.71. The summed E-state index contributed by atoms with van der Waals surface area (Å²) >= 11 is 1.65. The van der Waals surface area contributed by atoms with Crippen molar-refractivity contribution < 1.29 is 20.4 Å². The zero-order chi connectivity index (χ0) is 19.9. The predicted molar refractivity (Wildman–Crippen MR) is 113 cm³/mol. The van der Waals surface area contributed by atoms with Crippen LogP contribution >= 0.6 is 11.8 Å². The van der Waals surface area contributed by atoms with E-state index < -0.39 is 0 Å². The third-order valence-electron chi connectivity index (χ3n) is 4.63. The minimum atomic E-state index is 0.0280. The Kier molecular flexibility index (Phi) is 7.41. The first-order valence-electron chi connectivity index (χ1n) is 9.36. The van der Waals surface area contributed by atoms with E-state index in [1.807, 2.05) is 34.1 Å². The molecule has 1 aliphatic rings. The Hall–Kier alpha value is -1.97. The Morgan fingerprint density at radius 1 is 0.643 bits per heavy atom. The van der Waals surface area contributed by atoms with Gasteiger partial charge in [0.1, 0.15) is 0 Å². The Balaban J connectivity index is 1.85. The molecule has 0 fully saturated rings. The summed E-state index contributed by atoms with van der Waals surface area (Å²) in [7, 11) is 0. The summed E-state index contributed by atoms with van der Waals surface area (Å²) in [5.41, 5.74) is 3.95. The molecule has 0 saturated carbocycles. The normalized spacial score (nSPS) is 12.1. The number of nitrogens with zero attached hydrogens (tertiary/aromatic N) is 2. The number of benzene rings is 2. The first-order valence-corrected chi connectivity index (χ1v) is 10.2. The molecule has 0 spiro atoms. The number of aliphatic hydroxyl groups is 4. The SMILES string of the molecule is OCCN(CCO)c1ccc2c(c1)Sc1cc(N(CCO)CCO)ccc1N2. The molecule has 5 N–H and O–H groups in total. The average molecular weight is 406 g/mol. The molecule has 2 aromatic carbocycles. The van der Waals surface area contributed by atoms with Crippen LogP contribution < -0.4 is 15.1 Å². The van der Waals surface area contributed by atoms with Crippen molar-refractivity contribution in [2.24, 2.45) is 0 Å². The lowest BCUT2D eigenvalue weighted by Crippen LogP contribution is -2.29. The third-order valence-corrected chi connectivity index (χ3v) is 5.74. The van der Waals surface area contributed by atoms with Gasteiger partial charge in [0.05, 0.1) is 37.8 Å². The van der Waals surface area contributed by atoms with E-state index in [0.29, 0.717) is 26.2 Å². The van der Waals surface area contributed by atoms with E-state index in [9.17, 15) is 20.4 Å². The number of rotatable bonds is 10. The number of nitrogens with one attached hydrogen (secondary N) is 1. The third kappa shape index (κ3) is 4.71. The van der Waals surface area contributed by atoms with Gasteiger partial charge in [0.25, 0.3) is 0 Å². The molecule has 7 nitrogen and oxygen atoms in total. The summed E-state index contributed by atoms with van der Waals surface area (Å²) in [6.07, 6.45) is 0. The molecular formula is C20H27N3O4S. The molecule has 2 aromatic rings. The van der Waals surface area contributed by atoms with E-state index in [0.717, 1.165) is 32.5 Å². The Labute approximate surface area is 169 Å². The van der Waals surface area contributed by atoms with Crippen LogP contribution in [0.15, 0.2) is 46.2 Å². The lowest BCUT2D eigenvalue weighted by Gasteiger charge is -2.28. The molecule has 28 heavy (non-hydrogen) atoms. The fourth-order valence-corrected chi connectivity index (χ4v) is 4.33. The molecule has 0 atom stereocenters. The van der Waals surface area contributed by atoms with Gasteiger partial charge in [0.2, 0.25) is 0 Å². The Bertz CT molecular complexity index is 715. The molecular weight excluding hydrogens is 378 g/mol. The van der Waals surface area contributed by atoms with Gasteiger partial charge in [0, 0.05) is 47.3 Å². The monoisotopic (exact) mass is 405 g/mol. The quantitative estimate of drug-likeness (QED) is 0.346. The topological polar surface area (TPSA) is 99.4 Å². The van der Waals surface area contributed by atoms with Gasteiger partial charge in [-0.25, -0.2) is 0 Å². The summed E-state index contributed by atoms with van der Waals surface area (Å²) in [4.78, 5) is 6.05. The number of aliphatic hydroxyl groups excluding tert-OH is 4. The minimum absolute atomic E-state index is 0.0280. The van der Waals surface area contributed by atoms with Gasteiger partial charge >= 0.3 is 0 Å². The fourth-order valence-electron chi connectivity index (χ4n) is 3.28. The van der Waals surface area contributed by atoms with E-state index in [4.69, 9.17) is 0 Å². The summed E-state index contributed by atoms with van der Waals surface area (Å²) in [5, 5.41) is 40.6. The van der Waals surface area contributed by atoms with E-state index in [2.05, 4.69) is 17.4 Å². The number of hydrogen-bond donors (Lipinski definition) is 5. The highest BCUT2D eigenvalue weighted by Gasteiger charge is 2.19. The second kappa shape index (κ2) is 9.99. The lowest BCUT2D eigenvalue weighted by atomic mass is 10.2. The van der Waals surface area contributed by atoms with Gasteiger partial charge in [-0.1, -0.05) is 11.8 Å². The molecule has 0 aliphatic carbocycles. The van der Waals surface area contributed by atoms with Crippen LogP contribution in [0.2, 0.25) is 0 Å². The van der Waals surface area contributed by atoms with Crippen LogP contribution in [-0.4, -0.2) is 73.0 Å². The van der Waals surface area contributed by atoms with Crippen LogP contribution in [0.4, 0.5) is 22.7 Å². The van der Waals surface area contributed by atoms with Gasteiger partial charge in [-0.2, -0.15) is 0 Å². The van der Waals surface area contributed by atoms with Gasteiger partial charge < -0.3 is 35.5 Å². The Morgan fingerprint density at radius 3 is 1.39 bits per heavy atom. The largest absolute Gasteiger partial charge is 0.395 e. The first kappa shape index (κ1) is 20.8. The first-order chi connectivity index (χ1) is 13.7. The van der Waals surface area contributed by atoms with Crippen molar-refractivity contribution in [2.75, 3.05) is 67.7 Å². The molecule has 0 bridgehead atoms. The Morgan fingerprint density at radius 2 is 1.04 bits per heavy atom. The molecule has 0 unspecified atom stereocenters. The summed E-state index contributed by atoms with van der Waals surface area (Å²) in [5.74, 6) is 0. The molecule has 8 heteroatoms. The maximum absolute atomic E-state index is 9.28. The van der Waals surface area contributed by atoms with E-state index in [1.54, 1.807) is 11.8 Å². The van der Waals surface area contributed by atoms with Gasteiger partial charge in [-0.3, -0.25) is 0 Å². The second-order valence-corrected chi connectivity index (χ2v) is 7.54. The van der Waals surface area contributed by atoms with Crippen molar-refractivity contribution in [2.45, 2.75) is 9.79 Å². The van der Waals surface area contributed by atoms with Crippen molar-refractivity contribution in [1.82, 2.24) is 0 Å². The van der Waals surface area contributed by atoms with Gasteiger partial charge in [0.15, 0.2) is 0 Å². The highest BCUT2D eigenvalue weighted by Crippen LogP contribution is 2.46. The van der Waals surface area contributed by atoms with Crippen molar-refractivity contribution in [3.63, 3.8) is 0 Å². The van der Waals surface area contributed by atoms with Crippen molar-refractivity contribution in [3.05, 3.63) is 36.4 Å². The van der Waals surface area contributed by atoms with Crippen molar-refractivity contribution in [3.8, 4) is 0 Å². The van der Waals surface area contributed by atoms with Crippen LogP contribution in [0, 0.1) is 0 Å². The van der Waals surface area contributed by atoms with Crippen LogP contribution in [0.1, 0.15) is 0 Å². The maximum atomic E-state index is 9.28. The highest BCUT2D eigenvalue weighted by atomic mass is 32.2. The fraction of sp³-hybridized carbons (Fsp3) is 0.400. The zero-order valence-electron chi connectivity index (χ0n) is 15.7. The summed E-state index contributed by atoms with van der Waals surface area (Å²) in [6, 6.07) is 12.1. The van der Waals surface area contributed by atoms with E-state index >= 15 is 0 Å². The maximum Gasteiger partial charge on any atom is 0.0606 e. The molecule has 3 rings (SSSR count). The number of hydrogen-bond acceptors (Lipinski definition) is 8. The van der Waals surface area contributed by atoms with Gasteiger partial charge in [-0.05, 0) is 36.4 Å². The lowest BCUT2D eigenvalue weighted by molar-refractivity contribution is 0.280. The standard InChI is InChI=1S/C20H27N3O4S/c24-9-5-22(6-10-25)15-1-3-17-19(13-15)28-20-14-16(2-4-18(20)21-17)23(7-11-26)8-12-27/h1-4,13-14,21,24-27H,5-12H2. The second-order valence-electron chi connectivity index (χ2n) is 6.46. The predicted octanol–water partition coefficient (Wildman–Crippen LogP) is 1.48. The van der Waals surface area contributed by atoms with Crippen LogP contribution in [0.25, 0.3) is 0 Å². The minimum Gasteiger partial charge on any atom is -0.395 e. The van der Waals surface area contributed by atoms with E-state index in [1.165, 1.54) is 0 Å². The van der Waals surface area contributed by atoms with Crippen molar-refractivity contribution in [1.29, 1.82) is 0 Å². The van der Waals surface area contributed by atoms with Crippen LogP contribution in [-0.2, 0) is 0 Å². The highest BCUT2D eigenvalue weighted by molar-refractivity contribution is 7.99.